The lowest BCUT2D eigenvalue weighted by molar-refractivity contribution is -0.116. The zero-order valence-corrected chi connectivity index (χ0v) is 18.9. The van der Waals surface area contributed by atoms with Gasteiger partial charge in [0.25, 0.3) is 0 Å². The van der Waals surface area contributed by atoms with Crippen LogP contribution in [0, 0.1) is 0 Å². The summed E-state index contributed by atoms with van der Waals surface area (Å²) in [7, 11) is 0. The Morgan fingerprint density at radius 1 is 0.875 bits per heavy atom. The van der Waals surface area contributed by atoms with E-state index in [2.05, 4.69) is 63.8 Å². The highest BCUT2D eigenvalue weighted by atomic mass is 16.2. The number of nitrogens with one attached hydrogen (secondary N) is 2. The molecule has 3 aromatic rings. The molecule has 0 bridgehead atoms. The summed E-state index contributed by atoms with van der Waals surface area (Å²) in [5.74, 6) is -0.0619. The maximum Gasteiger partial charge on any atom is 0.246 e. The molecule has 2 N–H and O–H groups in total. The van der Waals surface area contributed by atoms with E-state index in [0.29, 0.717) is 0 Å². The van der Waals surface area contributed by atoms with Crippen molar-refractivity contribution in [3.05, 3.63) is 78.9 Å². The topological polar surface area (TPSA) is 47.6 Å². The molecule has 1 saturated heterocycles. The molecule has 1 fully saturated rings. The number of amides is 1. The molecule has 32 heavy (non-hydrogen) atoms. The third kappa shape index (κ3) is 5.29. The SMILES string of the molecule is CCN1CCN(c2ccc(N[C@H](C)C(=O)Nc3ccccc3-c3ccccc3)cc2)CC1. The van der Waals surface area contributed by atoms with Crippen molar-refractivity contribution in [3.8, 4) is 11.1 Å². The van der Waals surface area contributed by atoms with Crippen molar-refractivity contribution in [1.29, 1.82) is 0 Å². The number of likely N-dealkylation sites (N-methyl/N-ethyl adjacent to an activating group) is 1. The van der Waals surface area contributed by atoms with Crippen LogP contribution in [-0.2, 0) is 4.79 Å². The number of rotatable bonds is 7. The summed E-state index contributed by atoms with van der Waals surface area (Å²) < 4.78 is 0. The van der Waals surface area contributed by atoms with Crippen molar-refractivity contribution < 1.29 is 4.79 Å². The van der Waals surface area contributed by atoms with Crippen LogP contribution in [0.25, 0.3) is 11.1 Å². The molecular weight excluding hydrogens is 396 g/mol. The van der Waals surface area contributed by atoms with E-state index in [1.54, 1.807) is 0 Å². The molecule has 5 heteroatoms. The molecule has 1 atom stereocenters. The number of piperazine rings is 1. The first-order valence-corrected chi connectivity index (χ1v) is 11.4. The van der Waals surface area contributed by atoms with Crippen LogP contribution < -0.4 is 15.5 Å². The molecule has 0 spiro atoms. The van der Waals surface area contributed by atoms with E-state index >= 15 is 0 Å². The van der Waals surface area contributed by atoms with Crippen molar-refractivity contribution in [1.82, 2.24) is 4.90 Å². The second kappa shape index (κ2) is 10.3. The Hall–Kier alpha value is -3.31. The first-order chi connectivity index (χ1) is 15.6. The minimum Gasteiger partial charge on any atom is -0.374 e. The molecular formula is C27H32N4O. The number of nitrogens with zero attached hydrogens (tertiary/aromatic N) is 2. The van der Waals surface area contributed by atoms with E-state index in [4.69, 9.17) is 0 Å². The van der Waals surface area contributed by atoms with E-state index in [9.17, 15) is 4.79 Å². The number of carbonyl (C=O) groups is 1. The van der Waals surface area contributed by atoms with Crippen LogP contribution in [0.4, 0.5) is 17.1 Å². The van der Waals surface area contributed by atoms with E-state index in [0.717, 1.165) is 55.2 Å². The van der Waals surface area contributed by atoms with Crippen molar-refractivity contribution in [3.63, 3.8) is 0 Å². The van der Waals surface area contributed by atoms with Crippen molar-refractivity contribution in [2.75, 3.05) is 48.3 Å². The summed E-state index contributed by atoms with van der Waals surface area (Å²) in [6.07, 6.45) is 0. The van der Waals surface area contributed by atoms with Crippen LogP contribution in [0.5, 0.6) is 0 Å². The van der Waals surface area contributed by atoms with Gasteiger partial charge < -0.3 is 20.4 Å². The summed E-state index contributed by atoms with van der Waals surface area (Å²) in [4.78, 5) is 17.8. The van der Waals surface area contributed by atoms with E-state index in [1.165, 1.54) is 5.69 Å². The largest absolute Gasteiger partial charge is 0.374 e. The number of para-hydroxylation sites is 1. The van der Waals surface area contributed by atoms with Gasteiger partial charge in [-0.05, 0) is 49.4 Å². The van der Waals surface area contributed by atoms with Gasteiger partial charge in [0, 0.05) is 48.8 Å². The summed E-state index contributed by atoms with van der Waals surface area (Å²) in [6.45, 7) is 9.55. The first kappa shape index (κ1) is 21.9. The average Bonchev–Trinajstić information content (AvgIpc) is 2.85. The Labute approximate surface area is 191 Å². The predicted octanol–water partition coefficient (Wildman–Crippen LogP) is 4.93. The summed E-state index contributed by atoms with van der Waals surface area (Å²) >= 11 is 0. The van der Waals surface area contributed by atoms with Gasteiger partial charge in [-0.1, -0.05) is 55.5 Å². The third-order valence-corrected chi connectivity index (χ3v) is 6.10. The first-order valence-electron chi connectivity index (χ1n) is 11.4. The Bertz CT molecular complexity index is 1010. The van der Waals surface area contributed by atoms with Crippen molar-refractivity contribution in [2.24, 2.45) is 0 Å². The monoisotopic (exact) mass is 428 g/mol. The minimum absolute atomic E-state index is 0.0619. The maximum atomic E-state index is 12.9. The lowest BCUT2D eigenvalue weighted by Gasteiger charge is -2.35. The molecule has 0 aliphatic carbocycles. The predicted molar refractivity (Wildman–Crippen MR) is 134 cm³/mol. The van der Waals surface area contributed by atoms with Crippen LogP contribution in [0.15, 0.2) is 78.9 Å². The second-order valence-electron chi connectivity index (χ2n) is 8.24. The fraction of sp³-hybridized carbons (Fsp3) is 0.296. The van der Waals surface area contributed by atoms with Crippen LogP contribution in [0.2, 0.25) is 0 Å². The molecule has 1 amide bonds. The molecule has 5 nitrogen and oxygen atoms in total. The second-order valence-corrected chi connectivity index (χ2v) is 8.24. The molecule has 1 aliphatic rings. The highest BCUT2D eigenvalue weighted by Crippen LogP contribution is 2.28. The van der Waals surface area contributed by atoms with Crippen molar-refractivity contribution in [2.45, 2.75) is 19.9 Å². The van der Waals surface area contributed by atoms with Crippen molar-refractivity contribution >= 4 is 23.0 Å². The number of anilines is 3. The van der Waals surface area contributed by atoms with Gasteiger partial charge in [0.2, 0.25) is 5.91 Å². The van der Waals surface area contributed by atoms with Gasteiger partial charge in [0.1, 0.15) is 6.04 Å². The molecule has 1 aliphatic heterocycles. The van der Waals surface area contributed by atoms with Crippen LogP contribution >= 0.6 is 0 Å². The summed E-state index contributed by atoms with van der Waals surface area (Å²) in [6, 6.07) is 26.0. The Balaban J connectivity index is 1.37. The molecule has 166 valence electrons. The van der Waals surface area contributed by atoms with Gasteiger partial charge in [-0.25, -0.2) is 0 Å². The van der Waals surface area contributed by atoms with Crippen LogP contribution in [0.3, 0.4) is 0 Å². The van der Waals surface area contributed by atoms with Gasteiger partial charge in [-0.3, -0.25) is 4.79 Å². The van der Waals surface area contributed by atoms with Gasteiger partial charge in [-0.15, -0.1) is 0 Å². The van der Waals surface area contributed by atoms with Gasteiger partial charge in [0.15, 0.2) is 0 Å². The fourth-order valence-electron chi connectivity index (χ4n) is 4.11. The zero-order chi connectivity index (χ0) is 22.3. The van der Waals surface area contributed by atoms with Gasteiger partial charge in [-0.2, -0.15) is 0 Å². The number of benzene rings is 3. The lowest BCUT2D eigenvalue weighted by Crippen LogP contribution is -2.46. The molecule has 0 saturated carbocycles. The number of hydrogen-bond acceptors (Lipinski definition) is 4. The number of hydrogen-bond donors (Lipinski definition) is 2. The molecule has 0 radical (unpaired) electrons. The highest BCUT2D eigenvalue weighted by Gasteiger charge is 2.17. The highest BCUT2D eigenvalue weighted by molar-refractivity contribution is 5.99. The quantitative estimate of drug-likeness (QED) is 0.560. The normalized spacial score (nSPS) is 15.2. The molecule has 4 rings (SSSR count). The van der Waals surface area contributed by atoms with Gasteiger partial charge in [0.05, 0.1) is 0 Å². The Kier molecular flexibility index (Phi) is 7.07. The number of carbonyl (C=O) groups excluding carboxylic acids is 1. The molecule has 1 heterocycles. The third-order valence-electron chi connectivity index (χ3n) is 6.10. The minimum atomic E-state index is -0.363. The van der Waals surface area contributed by atoms with Crippen LogP contribution in [-0.4, -0.2) is 49.6 Å². The molecule has 0 unspecified atom stereocenters. The summed E-state index contributed by atoms with van der Waals surface area (Å²) in [5, 5.41) is 6.42. The van der Waals surface area contributed by atoms with Crippen LogP contribution in [0.1, 0.15) is 13.8 Å². The zero-order valence-electron chi connectivity index (χ0n) is 18.9. The van der Waals surface area contributed by atoms with E-state index in [-0.39, 0.29) is 11.9 Å². The Morgan fingerprint density at radius 3 is 2.22 bits per heavy atom. The summed E-state index contributed by atoms with van der Waals surface area (Å²) in [5.41, 5.74) is 5.10. The smallest absolute Gasteiger partial charge is 0.246 e. The standard InChI is InChI=1S/C27H32N4O/c1-3-30-17-19-31(20-18-30)24-15-13-23(14-16-24)28-21(2)27(32)29-26-12-8-7-11-25(26)22-9-5-4-6-10-22/h4-16,21,28H,3,17-20H2,1-2H3,(H,29,32)/t21-/m1/s1. The van der Waals surface area contributed by atoms with E-state index in [1.807, 2.05) is 49.4 Å². The lowest BCUT2D eigenvalue weighted by atomic mass is 10.0. The maximum absolute atomic E-state index is 12.9. The van der Waals surface area contributed by atoms with Gasteiger partial charge >= 0.3 is 0 Å². The Morgan fingerprint density at radius 2 is 1.53 bits per heavy atom. The molecule has 3 aromatic carbocycles. The molecule has 0 aromatic heterocycles. The van der Waals surface area contributed by atoms with E-state index < -0.39 is 0 Å². The fourth-order valence-corrected chi connectivity index (χ4v) is 4.11. The average molecular weight is 429 g/mol.